The molecule has 32 heavy (non-hydrogen) atoms. The fourth-order valence-corrected chi connectivity index (χ4v) is 4.38. The Balaban J connectivity index is 1.51. The van der Waals surface area contributed by atoms with Gasteiger partial charge in [-0.05, 0) is 49.6 Å². The van der Waals surface area contributed by atoms with Crippen molar-refractivity contribution in [1.82, 2.24) is 14.8 Å². The van der Waals surface area contributed by atoms with Gasteiger partial charge in [0, 0.05) is 38.3 Å². The van der Waals surface area contributed by atoms with Crippen molar-refractivity contribution in [3.05, 3.63) is 71.4 Å². The number of likely N-dealkylation sites (N-methyl/N-ethyl adjacent to an activating group) is 1. The lowest BCUT2D eigenvalue weighted by Gasteiger charge is -2.32. The minimum atomic E-state index is -0.291. The first-order valence-electron chi connectivity index (χ1n) is 11.1. The number of amides is 1. The largest absolute Gasteiger partial charge is 0.483 e. The Morgan fingerprint density at radius 3 is 2.84 bits per heavy atom. The Labute approximate surface area is 189 Å². The Bertz CT molecular complexity index is 1100. The Hall–Kier alpha value is -2.96. The number of carbonyl (C=O) groups is 1. The maximum Gasteiger partial charge on any atom is 0.260 e. The van der Waals surface area contributed by atoms with Crippen molar-refractivity contribution in [2.24, 2.45) is 0 Å². The predicted octanol–water partition coefficient (Wildman–Crippen LogP) is 3.50. The van der Waals surface area contributed by atoms with E-state index in [1.54, 1.807) is 11.1 Å². The van der Waals surface area contributed by atoms with Gasteiger partial charge in [0.15, 0.2) is 6.61 Å². The van der Waals surface area contributed by atoms with E-state index in [0.29, 0.717) is 18.8 Å². The van der Waals surface area contributed by atoms with E-state index in [1.807, 2.05) is 44.3 Å². The first-order valence-corrected chi connectivity index (χ1v) is 11.1. The number of aliphatic hydroxyl groups excluding tert-OH is 1. The zero-order valence-corrected chi connectivity index (χ0v) is 19.0. The molecule has 0 bridgehead atoms. The molecular formula is C26H31N3O3. The third-order valence-corrected chi connectivity index (χ3v) is 6.25. The lowest BCUT2D eigenvalue weighted by atomic mass is 10.0. The van der Waals surface area contributed by atoms with E-state index in [2.05, 4.69) is 35.0 Å². The summed E-state index contributed by atoms with van der Waals surface area (Å²) in [7, 11) is 1.83. The quantitative estimate of drug-likeness (QED) is 0.618. The lowest BCUT2D eigenvalue weighted by molar-refractivity contribution is -0.134. The number of hydrogen-bond acceptors (Lipinski definition) is 5. The molecule has 4 rings (SSSR count). The van der Waals surface area contributed by atoms with Crippen LogP contribution in [0.1, 0.15) is 29.2 Å². The molecule has 6 nitrogen and oxygen atoms in total. The average Bonchev–Trinajstić information content (AvgIpc) is 3.21. The number of aryl methyl sites for hydroxylation is 2. The summed E-state index contributed by atoms with van der Waals surface area (Å²) in [5.41, 5.74) is 4.21. The molecule has 6 heteroatoms. The van der Waals surface area contributed by atoms with Crippen molar-refractivity contribution in [3.63, 3.8) is 0 Å². The second-order valence-corrected chi connectivity index (χ2v) is 8.71. The van der Waals surface area contributed by atoms with Crippen LogP contribution in [-0.2, 0) is 4.79 Å². The lowest BCUT2D eigenvalue weighted by Crippen LogP contribution is -2.41. The summed E-state index contributed by atoms with van der Waals surface area (Å²) in [6.07, 6.45) is 2.25. The van der Waals surface area contributed by atoms with Crippen LogP contribution < -0.4 is 4.74 Å². The monoisotopic (exact) mass is 433 g/mol. The normalized spacial score (nSPS) is 17.4. The van der Waals surface area contributed by atoms with E-state index < -0.39 is 0 Å². The van der Waals surface area contributed by atoms with Gasteiger partial charge >= 0.3 is 0 Å². The fraction of sp³-hybridized carbons (Fsp3) is 0.385. The molecule has 168 valence electrons. The summed E-state index contributed by atoms with van der Waals surface area (Å²) >= 11 is 0. The second kappa shape index (κ2) is 9.67. The van der Waals surface area contributed by atoms with Gasteiger partial charge in [-0.1, -0.05) is 35.9 Å². The molecule has 1 aliphatic rings. The molecule has 0 radical (unpaired) electrons. The molecule has 2 atom stereocenters. The second-order valence-electron chi connectivity index (χ2n) is 8.71. The van der Waals surface area contributed by atoms with Gasteiger partial charge in [-0.25, -0.2) is 0 Å². The molecule has 3 aromatic rings. The zero-order valence-electron chi connectivity index (χ0n) is 19.0. The molecule has 1 amide bonds. The maximum absolute atomic E-state index is 13.2. The number of nitrogens with zero attached hydrogens (tertiary/aromatic N) is 3. The van der Waals surface area contributed by atoms with E-state index in [4.69, 9.17) is 4.74 Å². The van der Waals surface area contributed by atoms with Crippen LogP contribution in [0, 0.1) is 13.8 Å². The molecule has 0 aliphatic carbocycles. The summed E-state index contributed by atoms with van der Waals surface area (Å²) < 4.78 is 5.97. The molecule has 1 aliphatic heterocycles. The number of fused-ring (bicyclic) bond motifs is 1. The molecule has 0 saturated carbocycles. The number of β-amino-alcohol motifs (C(OH)–C–C–N with tert-alkyl or cyclic N) is 1. The van der Waals surface area contributed by atoms with Gasteiger partial charge in [-0.2, -0.15) is 0 Å². The summed E-state index contributed by atoms with van der Waals surface area (Å²) in [5, 5.41) is 10.9. The van der Waals surface area contributed by atoms with Crippen LogP contribution in [0.3, 0.4) is 0 Å². The summed E-state index contributed by atoms with van der Waals surface area (Å²) in [6.45, 7) is 6.18. The molecule has 1 N–H and O–H groups in total. The molecular weight excluding hydrogens is 402 g/mol. The number of hydrogen-bond donors (Lipinski definition) is 1. The van der Waals surface area contributed by atoms with E-state index in [0.717, 1.165) is 40.6 Å². The fourth-order valence-electron chi connectivity index (χ4n) is 4.38. The SMILES string of the molecule is Cc1cccc(C(CN2CC[C@H](O)C2)N(C)C(=O)COc2ccc(C)c3ncccc23)c1. The van der Waals surface area contributed by atoms with Crippen LogP contribution in [0.5, 0.6) is 5.75 Å². The van der Waals surface area contributed by atoms with Crippen LogP contribution in [-0.4, -0.2) is 65.2 Å². The average molecular weight is 434 g/mol. The number of rotatable bonds is 7. The number of ether oxygens (including phenoxy) is 1. The van der Waals surface area contributed by atoms with Gasteiger partial charge < -0.3 is 14.7 Å². The van der Waals surface area contributed by atoms with Crippen LogP contribution in [0.15, 0.2) is 54.7 Å². The Kier molecular flexibility index (Phi) is 6.72. The van der Waals surface area contributed by atoms with Crippen LogP contribution in [0.25, 0.3) is 10.9 Å². The highest BCUT2D eigenvalue weighted by atomic mass is 16.5. The van der Waals surface area contributed by atoms with E-state index in [9.17, 15) is 9.90 Å². The molecule has 1 unspecified atom stereocenters. The minimum absolute atomic E-state index is 0.0471. The number of pyridine rings is 1. The number of aliphatic hydroxyl groups is 1. The number of carbonyl (C=O) groups excluding carboxylic acids is 1. The van der Waals surface area contributed by atoms with Crippen molar-refractivity contribution >= 4 is 16.8 Å². The molecule has 0 spiro atoms. The number of aromatic nitrogens is 1. The van der Waals surface area contributed by atoms with Gasteiger partial charge in [-0.3, -0.25) is 14.7 Å². The van der Waals surface area contributed by atoms with Crippen molar-refractivity contribution in [1.29, 1.82) is 0 Å². The van der Waals surface area contributed by atoms with Crippen LogP contribution in [0.2, 0.25) is 0 Å². The first kappa shape index (κ1) is 22.2. The highest BCUT2D eigenvalue weighted by Crippen LogP contribution is 2.28. The zero-order chi connectivity index (χ0) is 22.7. The summed E-state index contributed by atoms with van der Waals surface area (Å²) in [4.78, 5) is 21.6. The smallest absolute Gasteiger partial charge is 0.260 e. The van der Waals surface area contributed by atoms with Gasteiger partial charge in [0.25, 0.3) is 5.91 Å². The van der Waals surface area contributed by atoms with E-state index in [-0.39, 0.29) is 24.7 Å². The predicted molar refractivity (Wildman–Crippen MR) is 126 cm³/mol. The van der Waals surface area contributed by atoms with Crippen molar-refractivity contribution in [3.8, 4) is 5.75 Å². The third kappa shape index (κ3) is 4.92. The van der Waals surface area contributed by atoms with Crippen molar-refractivity contribution in [2.75, 3.05) is 33.3 Å². The standard InChI is InChI=1S/C26H31N3O3/c1-18-6-4-7-20(14-18)23(16-29-13-11-21(30)15-29)28(3)25(31)17-32-24-10-9-19(2)26-22(24)8-5-12-27-26/h4-10,12,14,21,23,30H,11,13,15-17H2,1-3H3/t21-,23?/m0/s1. The van der Waals surface area contributed by atoms with Crippen molar-refractivity contribution in [2.45, 2.75) is 32.4 Å². The summed E-state index contributed by atoms with van der Waals surface area (Å²) in [5.74, 6) is 0.573. The highest BCUT2D eigenvalue weighted by Gasteiger charge is 2.28. The Morgan fingerprint density at radius 1 is 1.25 bits per heavy atom. The number of benzene rings is 2. The molecule has 1 fully saturated rings. The van der Waals surface area contributed by atoms with E-state index >= 15 is 0 Å². The molecule has 1 aromatic heterocycles. The van der Waals surface area contributed by atoms with Crippen LogP contribution >= 0.6 is 0 Å². The first-order chi connectivity index (χ1) is 15.4. The molecule has 2 aromatic carbocycles. The van der Waals surface area contributed by atoms with Crippen molar-refractivity contribution < 1.29 is 14.6 Å². The molecule has 2 heterocycles. The minimum Gasteiger partial charge on any atom is -0.483 e. The van der Waals surface area contributed by atoms with Gasteiger partial charge in [0.05, 0.1) is 17.7 Å². The molecule has 1 saturated heterocycles. The van der Waals surface area contributed by atoms with Gasteiger partial charge in [0.1, 0.15) is 5.75 Å². The van der Waals surface area contributed by atoms with Gasteiger partial charge in [0.2, 0.25) is 0 Å². The van der Waals surface area contributed by atoms with Gasteiger partial charge in [-0.15, -0.1) is 0 Å². The summed E-state index contributed by atoms with van der Waals surface area (Å²) in [6, 6.07) is 15.9. The topological polar surface area (TPSA) is 65.9 Å². The Morgan fingerprint density at radius 2 is 2.09 bits per heavy atom. The van der Waals surface area contributed by atoms with E-state index in [1.165, 1.54) is 0 Å². The number of likely N-dealkylation sites (tertiary alicyclic amines) is 1. The third-order valence-electron chi connectivity index (χ3n) is 6.25. The van der Waals surface area contributed by atoms with Crippen LogP contribution in [0.4, 0.5) is 0 Å². The maximum atomic E-state index is 13.2. The highest BCUT2D eigenvalue weighted by molar-refractivity contribution is 5.88.